The van der Waals surface area contributed by atoms with E-state index in [2.05, 4.69) is 0 Å². The van der Waals surface area contributed by atoms with E-state index >= 15 is 0 Å². The number of hydrogen-bond donors (Lipinski definition) is 1. The van der Waals surface area contributed by atoms with E-state index in [9.17, 15) is 28.3 Å². The quantitative estimate of drug-likeness (QED) is 0.536. The maximum absolute atomic E-state index is 14.2. The Morgan fingerprint density at radius 2 is 2.17 bits per heavy atom. The van der Waals surface area contributed by atoms with E-state index < -0.39 is 70.2 Å². The van der Waals surface area contributed by atoms with Gasteiger partial charge in [0.1, 0.15) is 22.9 Å². The maximum Gasteiger partial charge on any atom is 1.00 e. The largest absolute Gasteiger partial charge is 1.00 e. The Kier molecular flexibility index (Phi) is 5.22. The van der Waals surface area contributed by atoms with Gasteiger partial charge in [0.15, 0.2) is 11.7 Å². The van der Waals surface area contributed by atoms with Crippen LogP contribution in [0.5, 0.6) is 5.75 Å². The number of amides is 2. The third-order valence-electron chi connectivity index (χ3n) is 4.76. The number of carbonyl (C=O) groups is 2. The van der Waals surface area contributed by atoms with Crippen LogP contribution in [0.2, 0.25) is 0 Å². The summed E-state index contributed by atoms with van der Waals surface area (Å²) in [5, 5.41) is 14.4. The van der Waals surface area contributed by atoms with E-state index in [1.807, 2.05) is 0 Å². The molecule has 1 fully saturated rings. The second kappa shape index (κ2) is 8.46. The summed E-state index contributed by atoms with van der Waals surface area (Å²) in [6, 6.07) is -0.120. The minimum absolute atomic E-state index is 0. The van der Waals surface area contributed by atoms with Crippen molar-refractivity contribution in [3.05, 3.63) is 63.1 Å². The van der Waals surface area contributed by atoms with Crippen molar-refractivity contribution in [2.24, 2.45) is 0 Å². The van der Waals surface area contributed by atoms with Crippen LogP contribution >= 0.6 is 0 Å². The number of aromatic nitrogens is 1. The zero-order valence-electron chi connectivity index (χ0n) is 19.0. The molecule has 152 valence electrons. The number of fused-ring (bicyclic) bond motifs is 2. The Morgan fingerprint density at radius 3 is 2.90 bits per heavy atom. The summed E-state index contributed by atoms with van der Waals surface area (Å²) in [6.45, 7) is -1.02. The minimum atomic E-state index is -2.95. The molecule has 0 bridgehead atoms. The molecular formula is C19H16F2N3NaO5. The molecule has 11 heteroatoms. The summed E-state index contributed by atoms with van der Waals surface area (Å²) in [5.41, 5.74) is -3.36. The third kappa shape index (κ3) is 3.76. The first-order valence-corrected chi connectivity index (χ1v) is 8.60. The van der Waals surface area contributed by atoms with Crippen LogP contribution < -0.4 is 45.4 Å². The molecule has 8 nitrogen and oxygen atoms in total. The van der Waals surface area contributed by atoms with Gasteiger partial charge in [0, 0.05) is 24.3 Å². The fourth-order valence-electron chi connectivity index (χ4n) is 3.35. The number of nitrogens with one attached hydrogen (secondary N) is 1. The van der Waals surface area contributed by atoms with Crippen LogP contribution in [-0.2, 0) is 17.8 Å². The zero-order valence-corrected chi connectivity index (χ0v) is 18.0. The Bertz CT molecular complexity index is 1230. The molecule has 4 rings (SSSR count). The number of carbonyl (C=O) groups excluding carboxylic acids is 2. The van der Waals surface area contributed by atoms with Crippen molar-refractivity contribution < 1.29 is 61.9 Å². The summed E-state index contributed by atoms with van der Waals surface area (Å²) in [5.74, 6) is -6.05. The second-order valence-electron chi connectivity index (χ2n) is 6.66. The topological polar surface area (TPSA) is 104 Å². The molecule has 0 saturated carbocycles. The van der Waals surface area contributed by atoms with Gasteiger partial charge in [-0.25, -0.2) is 8.78 Å². The average Bonchev–Trinajstić information content (AvgIpc) is 3.09. The average molecular weight is 430 g/mol. The van der Waals surface area contributed by atoms with Crippen molar-refractivity contribution in [2.45, 2.75) is 32.2 Å². The van der Waals surface area contributed by atoms with Gasteiger partial charge >= 0.3 is 29.6 Å². The van der Waals surface area contributed by atoms with Gasteiger partial charge in [-0.15, -0.1) is 0 Å². The predicted molar refractivity (Wildman–Crippen MR) is 93.0 cm³/mol. The van der Waals surface area contributed by atoms with E-state index in [4.69, 9.17) is 8.85 Å². The molecule has 0 aliphatic carbocycles. The van der Waals surface area contributed by atoms with Crippen LogP contribution in [0.1, 0.15) is 37.4 Å². The first-order valence-electron chi connectivity index (χ1n) is 10.1. The SMILES string of the molecule is [2H]c1c(F)ccc(C([2H])([2H])NC(=O)c2cn3c(c([O-])c2=O)C(=O)N2[C@@H](C)CO[C@@H]2C3)c1F.[Na+]. The van der Waals surface area contributed by atoms with Crippen LogP contribution in [0, 0.1) is 11.6 Å². The van der Waals surface area contributed by atoms with E-state index in [0.717, 1.165) is 10.8 Å². The Morgan fingerprint density at radius 1 is 1.43 bits per heavy atom. The first-order chi connectivity index (χ1) is 14.9. The monoisotopic (exact) mass is 430 g/mol. The molecule has 0 radical (unpaired) electrons. The van der Waals surface area contributed by atoms with Gasteiger partial charge in [-0.1, -0.05) is 6.07 Å². The number of halogens is 2. The molecule has 0 spiro atoms. The number of rotatable bonds is 3. The van der Waals surface area contributed by atoms with Crippen LogP contribution in [0.25, 0.3) is 0 Å². The summed E-state index contributed by atoms with van der Waals surface area (Å²) in [6.07, 6.45) is 0.251. The Balaban J connectivity index is 0.00000306. The van der Waals surface area contributed by atoms with Crippen molar-refractivity contribution in [1.29, 1.82) is 0 Å². The zero-order chi connectivity index (χ0) is 23.5. The molecular weight excluding hydrogens is 411 g/mol. The number of ether oxygens (including phenoxy) is 1. The van der Waals surface area contributed by atoms with E-state index in [1.54, 1.807) is 12.2 Å². The maximum atomic E-state index is 14.2. The number of pyridine rings is 1. The summed E-state index contributed by atoms with van der Waals surface area (Å²) < 4.78 is 57.3. The summed E-state index contributed by atoms with van der Waals surface area (Å²) >= 11 is 0. The number of hydrogen-bond acceptors (Lipinski definition) is 5. The standard InChI is InChI=1S/C19H17F2N3O5.Na/c1-9-8-29-14-7-23-6-12(16(25)17(26)15(23)19(28)24(9)14)18(27)22-5-10-2-3-11(20)4-13(10)21;/h2-4,6,9,14,26H,5,7-8H2,1H3,(H,22,27);/q;+1/p-1/t9-,14+;/m0./s1/i4D,5D2;. The Hall–Kier alpha value is -2.27. The number of benzene rings is 1. The third-order valence-corrected chi connectivity index (χ3v) is 4.76. The predicted octanol–water partition coefficient (Wildman–Crippen LogP) is -2.67. The smallest absolute Gasteiger partial charge is 0.868 e. The van der Waals surface area contributed by atoms with Gasteiger partial charge in [-0.3, -0.25) is 14.4 Å². The van der Waals surface area contributed by atoms with Crippen molar-refractivity contribution >= 4 is 11.8 Å². The molecule has 2 amide bonds. The molecule has 30 heavy (non-hydrogen) atoms. The molecule has 1 saturated heterocycles. The molecule has 2 atom stereocenters. The molecule has 2 aliphatic heterocycles. The van der Waals surface area contributed by atoms with Crippen LogP contribution in [0.15, 0.2) is 29.2 Å². The van der Waals surface area contributed by atoms with Gasteiger partial charge < -0.3 is 24.6 Å². The van der Waals surface area contributed by atoms with E-state index in [1.165, 1.54) is 4.90 Å². The van der Waals surface area contributed by atoms with Gasteiger partial charge in [-0.2, -0.15) is 0 Å². The summed E-state index contributed by atoms with van der Waals surface area (Å²) in [4.78, 5) is 39.2. The second-order valence-corrected chi connectivity index (χ2v) is 6.66. The molecule has 1 N–H and O–H groups in total. The van der Waals surface area contributed by atoms with Crippen LogP contribution in [0.4, 0.5) is 8.78 Å². The van der Waals surface area contributed by atoms with Gasteiger partial charge in [0.25, 0.3) is 11.8 Å². The fourth-order valence-corrected chi connectivity index (χ4v) is 3.35. The normalized spacial score (nSPS) is 21.6. The molecule has 0 unspecified atom stereocenters. The molecule has 1 aromatic heterocycles. The van der Waals surface area contributed by atoms with Gasteiger partial charge in [0.05, 0.1) is 23.3 Å². The molecule has 1 aromatic carbocycles. The molecule has 2 aromatic rings. The summed E-state index contributed by atoms with van der Waals surface area (Å²) in [7, 11) is 0. The molecule has 3 heterocycles. The van der Waals surface area contributed by atoms with Crippen LogP contribution in [0.3, 0.4) is 0 Å². The van der Waals surface area contributed by atoms with Crippen molar-refractivity contribution in [3.63, 3.8) is 0 Å². The van der Waals surface area contributed by atoms with Gasteiger partial charge in [-0.05, 0) is 18.7 Å². The van der Waals surface area contributed by atoms with Gasteiger partial charge in [0.2, 0.25) is 0 Å². The minimum Gasteiger partial charge on any atom is -0.868 e. The van der Waals surface area contributed by atoms with Crippen molar-refractivity contribution in [3.8, 4) is 5.75 Å². The fraction of sp³-hybridized carbons (Fsp3) is 0.316. The van der Waals surface area contributed by atoms with E-state index in [-0.39, 0.29) is 48.8 Å². The Labute approximate surface area is 195 Å². The molecule has 2 aliphatic rings. The number of nitrogens with zero attached hydrogens (tertiary/aromatic N) is 2. The van der Waals surface area contributed by atoms with Crippen molar-refractivity contribution in [1.82, 2.24) is 14.8 Å². The first kappa shape index (κ1) is 18.5. The van der Waals surface area contributed by atoms with Crippen LogP contribution in [-0.4, -0.2) is 40.2 Å². The van der Waals surface area contributed by atoms with E-state index in [0.29, 0.717) is 12.1 Å². The van der Waals surface area contributed by atoms with Crippen molar-refractivity contribution in [2.75, 3.05) is 6.61 Å².